The van der Waals surface area contributed by atoms with Crippen LogP contribution in [-0.2, 0) is 9.59 Å². The maximum absolute atomic E-state index is 11.8. The van der Waals surface area contributed by atoms with Crippen LogP contribution >= 0.6 is 23.5 Å². The molecule has 1 aromatic heterocycles. The summed E-state index contributed by atoms with van der Waals surface area (Å²) in [4.78, 5) is 32.3. The Bertz CT molecular complexity index is 922. The van der Waals surface area contributed by atoms with E-state index in [9.17, 15) is 19.8 Å². The van der Waals surface area contributed by atoms with E-state index in [0.29, 0.717) is 27.0 Å². The summed E-state index contributed by atoms with van der Waals surface area (Å²) in [5.41, 5.74) is 1.93. The zero-order chi connectivity index (χ0) is 20.8. The van der Waals surface area contributed by atoms with Gasteiger partial charge < -0.3 is 10.2 Å². The smallest absolute Gasteiger partial charge is 0.321 e. The van der Waals surface area contributed by atoms with E-state index in [1.807, 2.05) is 12.1 Å². The monoisotopic (exact) mass is 426 g/mol. The molecule has 0 amide bonds. The number of aromatic nitrogens is 2. The molecule has 29 heavy (non-hydrogen) atoms. The van der Waals surface area contributed by atoms with Crippen LogP contribution in [0.5, 0.6) is 0 Å². The number of aliphatic carboxylic acids is 2. The maximum Gasteiger partial charge on any atom is 0.321 e. The number of carboxylic acid groups (broad SMARTS) is 2. The summed E-state index contributed by atoms with van der Waals surface area (Å²) >= 11 is 2.13. The molecule has 2 atom stereocenters. The third-order valence-corrected chi connectivity index (χ3v) is 6.19. The second kappa shape index (κ2) is 9.58. The van der Waals surface area contributed by atoms with E-state index in [4.69, 9.17) is 0 Å². The van der Waals surface area contributed by atoms with Crippen LogP contribution in [-0.4, -0.2) is 32.1 Å². The van der Waals surface area contributed by atoms with Crippen molar-refractivity contribution in [3.63, 3.8) is 0 Å². The van der Waals surface area contributed by atoms with Gasteiger partial charge in [-0.3, -0.25) is 9.59 Å². The standard InChI is InChI=1S/C21H18N2O4S2/c1-13-12-16(28-17(19(24)25)14-8-4-2-5-9-14)23-21(22-13)29-18(20(26)27)15-10-6-3-7-11-15/h2-12,17-18H,1H3,(H,24,25)(H,26,27)/t17-,18-/m0/s1. The van der Waals surface area contributed by atoms with Crippen molar-refractivity contribution in [2.45, 2.75) is 27.6 Å². The van der Waals surface area contributed by atoms with Crippen molar-refractivity contribution < 1.29 is 19.8 Å². The van der Waals surface area contributed by atoms with E-state index in [1.165, 1.54) is 0 Å². The van der Waals surface area contributed by atoms with Crippen LogP contribution in [0.1, 0.15) is 27.3 Å². The highest BCUT2D eigenvalue weighted by Gasteiger charge is 2.25. The highest BCUT2D eigenvalue weighted by molar-refractivity contribution is 8.00. The molecule has 0 saturated heterocycles. The SMILES string of the molecule is Cc1cc(S[C@H](C(=O)O)c2ccccc2)nc(S[C@H](C(=O)O)c2ccccc2)n1. The molecular formula is C21H18N2O4S2. The Morgan fingerprint density at radius 1 is 0.793 bits per heavy atom. The lowest BCUT2D eigenvalue weighted by Crippen LogP contribution is -2.10. The van der Waals surface area contributed by atoms with Gasteiger partial charge in [-0.1, -0.05) is 84.2 Å². The summed E-state index contributed by atoms with van der Waals surface area (Å²) in [5.74, 6) is -1.97. The molecule has 3 aromatic rings. The molecule has 0 radical (unpaired) electrons. The van der Waals surface area contributed by atoms with Crippen molar-refractivity contribution in [3.8, 4) is 0 Å². The number of thioether (sulfide) groups is 2. The number of nitrogens with zero attached hydrogens (tertiary/aromatic N) is 2. The summed E-state index contributed by atoms with van der Waals surface area (Å²) in [5, 5.41) is 18.4. The maximum atomic E-state index is 11.8. The molecule has 1 heterocycles. The highest BCUT2D eigenvalue weighted by atomic mass is 32.2. The first kappa shape index (κ1) is 20.9. The van der Waals surface area contributed by atoms with Gasteiger partial charge in [-0.05, 0) is 24.1 Å². The molecule has 8 heteroatoms. The number of carbonyl (C=O) groups is 2. The second-order valence-corrected chi connectivity index (χ2v) is 8.32. The van der Waals surface area contributed by atoms with E-state index in [1.54, 1.807) is 61.5 Å². The first-order valence-corrected chi connectivity index (χ1v) is 10.4. The van der Waals surface area contributed by atoms with Gasteiger partial charge in [-0.2, -0.15) is 0 Å². The molecule has 0 fully saturated rings. The number of carboxylic acids is 2. The molecule has 0 aliphatic heterocycles. The Kier molecular flexibility index (Phi) is 6.90. The van der Waals surface area contributed by atoms with Gasteiger partial charge in [-0.25, -0.2) is 9.97 Å². The van der Waals surface area contributed by atoms with E-state index >= 15 is 0 Å². The van der Waals surface area contributed by atoms with Crippen LogP contribution in [0.3, 0.4) is 0 Å². The third kappa shape index (κ3) is 5.58. The van der Waals surface area contributed by atoms with E-state index in [-0.39, 0.29) is 0 Å². The van der Waals surface area contributed by atoms with Crippen molar-refractivity contribution in [1.82, 2.24) is 9.97 Å². The molecule has 0 saturated carbocycles. The predicted molar refractivity (Wildman–Crippen MR) is 112 cm³/mol. The summed E-state index contributed by atoms with van der Waals surface area (Å²) < 4.78 is 0. The van der Waals surface area contributed by atoms with Gasteiger partial charge in [0.05, 0.1) is 0 Å². The molecule has 2 N–H and O–H groups in total. The van der Waals surface area contributed by atoms with Crippen molar-refractivity contribution >= 4 is 35.5 Å². The summed E-state index contributed by atoms with van der Waals surface area (Å²) in [6, 6.07) is 19.5. The summed E-state index contributed by atoms with van der Waals surface area (Å²) in [7, 11) is 0. The third-order valence-electron chi connectivity index (χ3n) is 3.93. The number of aryl methyl sites for hydroxylation is 1. The van der Waals surface area contributed by atoms with Gasteiger partial charge in [0.1, 0.15) is 15.5 Å². The second-order valence-electron chi connectivity index (χ2n) is 6.12. The first-order chi connectivity index (χ1) is 13.9. The number of rotatable bonds is 8. The largest absolute Gasteiger partial charge is 0.480 e. The van der Waals surface area contributed by atoms with Gasteiger partial charge in [0, 0.05) is 5.69 Å². The molecule has 2 aromatic carbocycles. The van der Waals surface area contributed by atoms with Crippen molar-refractivity contribution in [3.05, 3.63) is 83.6 Å². The van der Waals surface area contributed by atoms with Crippen LogP contribution < -0.4 is 0 Å². The fourth-order valence-corrected chi connectivity index (χ4v) is 4.65. The first-order valence-electron chi connectivity index (χ1n) is 8.68. The molecule has 0 aliphatic carbocycles. The Morgan fingerprint density at radius 2 is 1.28 bits per heavy atom. The molecule has 6 nitrogen and oxygen atoms in total. The van der Waals surface area contributed by atoms with Gasteiger partial charge in [0.15, 0.2) is 5.16 Å². The molecule has 148 valence electrons. The average Bonchev–Trinajstić information content (AvgIpc) is 2.71. The van der Waals surface area contributed by atoms with Crippen molar-refractivity contribution in [1.29, 1.82) is 0 Å². The molecule has 0 bridgehead atoms. The normalized spacial score (nSPS) is 12.9. The lowest BCUT2D eigenvalue weighted by atomic mass is 10.1. The zero-order valence-corrected chi connectivity index (χ0v) is 17.1. The summed E-state index contributed by atoms with van der Waals surface area (Å²) in [6.07, 6.45) is 0. The summed E-state index contributed by atoms with van der Waals surface area (Å²) in [6.45, 7) is 1.77. The van der Waals surface area contributed by atoms with Crippen LogP contribution in [0.15, 0.2) is 76.9 Å². The van der Waals surface area contributed by atoms with Crippen molar-refractivity contribution in [2.24, 2.45) is 0 Å². The van der Waals surface area contributed by atoms with E-state index < -0.39 is 22.4 Å². The minimum atomic E-state index is -0.992. The van der Waals surface area contributed by atoms with E-state index in [0.717, 1.165) is 23.5 Å². The van der Waals surface area contributed by atoms with Gasteiger partial charge in [0.25, 0.3) is 0 Å². The Labute approximate surface area is 176 Å². The molecule has 0 spiro atoms. The fraction of sp³-hybridized carbons (Fsp3) is 0.143. The van der Waals surface area contributed by atoms with Crippen LogP contribution in [0.25, 0.3) is 0 Å². The number of hydrogen-bond acceptors (Lipinski definition) is 6. The van der Waals surface area contributed by atoms with Crippen LogP contribution in [0, 0.1) is 6.92 Å². The van der Waals surface area contributed by atoms with Gasteiger partial charge in [0.2, 0.25) is 0 Å². The Hall–Kier alpha value is -2.84. The van der Waals surface area contributed by atoms with Crippen LogP contribution in [0.4, 0.5) is 0 Å². The van der Waals surface area contributed by atoms with E-state index in [2.05, 4.69) is 9.97 Å². The quantitative estimate of drug-likeness (QED) is 0.306. The average molecular weight is 427 g/mol. The minimum absolute atomic E-state index is 0.293. The van der Waals surface area contributed by atoms with Gasteiger partial charge >= 0.3 is 11.9 Å². The topological polar surface area (TPSA) is 100 Å². The van der Waals surface area contributed by atoms with Crippen LogP contribution in [0.2, 0.25) is 0 Å². The predicted octanol–water partition coefficient (Wildman–Crippen LogP) is 4.62. The molecule has 0 unspecified atom stereocenters. The zero-order valence-electron chi connectivity index (χ0n) is 15.4. The Balaban J connectivity index is 1.87. The molecule has 3 rings (SSSR count). The lowest BCUT2D eigenvalue weighted by Gasteiger charge is -2.14. The molecule has 0 aliphatic rings. The molecular weight excluding hydrogens is 408 g/mol. The highest BCUT2D eigenvalue weighted by Crippen LogP contribution is 2.38. The fourth-order valence-electron chi connectivity index (χ4n) is 2.63. The Morgan fingerprint density at radius 3 is 1.76 bits per heavy atom. The minimum Gasteiger partial charge on any atom is -0.480 e. The number of hydrogen-bond donors (Lipinski definition) is 2. The van der Waals surface area contributed by atoms with Gasteiger partial charge in [-0.15, -0.1) is 0 Å². The number of benzene rings is 2. The van der Waals surface area contributed by atoms with Crippen molar-refractivity contribution in [2.75, 3.05) is 0 Å². The lowest BCUT2D eigenvalue weighted by molar-refractivity contribution is -0.137.